The first-order chi connectivity index (χ1) is 19.3. The number of nitrogens with zero attached hydrogens (tertiary/aromatic N) is 5. The molecule has 0 atom stereocenters. The molecule has 0 aliphatic carbocycles. The Morgan fingerprint density at radius 2 is 1.62 bits per heavy atom. The predicted octanol–water partition coefficient (Wildman–Crippen LogP) is 3.61. The number of nitriles is 2. The largest absolute Gasteiger partial charge is 0.488 e. The van der Waals surface area contributed by atoms with Crippen LogP contribution in [0, 0.1) is 36.5 Å². The Balaban J connectivity index is 1.47. The first kappa shape index (κ1) is 26.9. The van der Waals surface area contributed by atoms with Crippen LogP contribution in [0.3, 0.4) is 0 Å². The molecule has 198 valence electrons. The van der Waals surface area contributed by atoms with Crippen LogP contribution in [0.25, 0.3) is 0 Å². The summed E-state index contributed by atoms with van der Waals surface area (Å²) in [6.07, 6.45) is 0.690. The van der Waals surface area contributed by atoms with Crippen molar-refractivity contribution in [3.8, 4) is 23.8 Å². The summed E-state index contributed by atoms with van der Waals surface area (Å²) in [6.45, 7) is 5.83. The van der Waals surface area contributed by atoms with Gasteiger partial charge >= 0.3 is 7.12 Å². The van der Waals surface area contributed by atoms with E-state index in [0.717, 1.165) is 40.2 Å². The van der Waals surface area contributed by atoms with Crippen molar-refractivity contribution in [2.75, 3.05) is 11.9 Å². The lowest BCUT2D eigenvalue weighted by Crippen LogP contribution is -2.32. The monoisotopic (exact) mass is 530 g/mol. The van der Waals surface area contributed by atoms with Crippen molar-refractivity contribution in [2.45, 2.75) is 33.4 Å². The summed E-state index contributed by atoms with van der Waals surface area (Å²) < 4.78 is 6.47. The van der Waals surface area contributed by atoms with E-state index in [9.17, 15) is 15.3 Å². The molecule has 1 aliphatic rings. The Morgan fingerprint density at radius 3 is 2.25 bits per heavy atom. The third-order valence-corrected chi connectivity index (χ3v) is 6.84. The molecule has 3 aromatic carbocycles. The molecule has 0 bridgehead atoms. The SMILES string of the molecule is Cc1cc(C#N)cc(C)c1Oc1nc(Nc2ccc(C#N)cc2)nc2c1CN(Cc1ccc(B(O)O)cc1)CC2. The fraction of sp³-hybridized carbons (Fsp3) is 0.200. The molecule has 3 N–H and O–H groups in total. The number of aryl methyl sites for hydroxylation is 2. The minimum atomic E-state index is -1.49. The number of benzene rings is 3. The summed E-state index contributed by atoms with van der Waals surface area (Å²) in [5.74, 6) is 1.49. The Labute approximate surface area is 233 Å². The van der Waals surface area contributed by atoms with Crippen LogP contribution in [0.5, 0.6) is 11.6 Å². The standard InChI is InChI=1S/C30H27BN6O3/c1-19-13-23(16-33)14-20(2)28(19)40-29-26-18-37(17-22-3-7-24(8-4-22)31(38)39)12-11-27(26)35-30(36-29)34-25-9-5-21(15-32)6-10-25/h3-10,13-14,38-39H,11-12,17-18H2,1-2H3,(H,34,35,36). The zero-order valence-corrected chi connectivity index (χ0v) is 22.2. The number of hydrogen-bond donors (Lipinski definition) is 3. The second-order valence-electron chi connectivity index (χ2n) is 9.82. The predicted molar refractivity (Wildman–Crippen MR) is 151 cm³/mol. The fourth-order valence-corrected chi connectivity index (χ4v) is 4.80. The third-order valence-electron chi connectivity index (χ3n) is 6.84. The number of aromatic nitrogens is 2. The number of rotatable bonds is 7. The zero-order valence-electron chi connectivity index (χ0n) is 22.2. The minimum Gasteiger partial charge on any atom is -0.438 e. The Bertz CT molecular complexity index is 1600. The van der Waals surface area contributed by atoms with Crippen molar-refractivity contribution < 1.29 is 14.8 Å². The molecule has 40 heavy (non-hydrogen) atoms. The van der Waals surface area contributed by atoms with Crippen molar-refractivity contribution in [1.82, 2.24) is 14.9 Å². The van der Waals surface area contributed by atoms with E-state index in [-0.39, 0.29) is 0 Å². The second kappa shape index (κ2) is 11.6. The molecule has 0 amide bonds. The first-order valence-electron chi connectivity index (χ1n) is 12.9. The molecule has 0 unspecified atom stereocenters. The van der Waals surface area contributed by atoms with E-state index in [1.807, 2.05) is 26.0 Å². The summed E-state index contributed by atoms with van der Waals surface area (Å²) in [5.41, 5.74) is 6.85. The Kier molecular flexibility index (Phi) is 7.76. The van der Waals surface area contributed by atoms with Crippen LogP contribution in [0.4, 0.5) is 11.6 Å². The van der Waals surface area contributed by atoms with E-state index in [2.05, 4.69) is 22.4 Å². The first-order valence-corrected chi connectivity index (χ1v) is 12.9. The molecule has 0 saturated carbocycles. The van der Waals surface area contributed by atoms with E-state index in [0.29, 0.717) is 53.7 Å². The van der Waals surface area contributed by atoms with E-state index in [4.69, 9.17) is 20.0 Å². The van der Waals surface area contributed by atoms with Gasteiger partial charge in [-0.2, -0.15) is 15.5 Å². The lowest BCUT2D eigenvalue weighted by atomic mass is 9.80. The number of hydrogen-bond acceptors (Lipinski definition) is 9. The summed E-state index contributed by atoms with van der Waals surface area (Å²) >= 11 is 0. The highest BCUT2D eigenvalue weighted by atomic mass is 16.5. The van der Waals surface area contributed by atoms with E-state index in [1.165, 1.54) is 0 Å². The van der Waals surface area contributed by atoms with Gasteiger partial charge < -0.3 is 20.1 Å². The lowest BCUT2D eigenvalue weighted by Gasteiger charge is -2.29. The second-order valence-corrected chi connectivity index (χ2v) is 9.82. The summed E-state index contributed by atoms with van der Waals surface area (Å²) in [6, 6.07) is 22.2. The Morgan fingerprint density at radius 1 is 0.950 bits per heavy atom. The van der Waals surface area contributed by atoms with Crippen LogP contribution >= 0.6 is 0 Å². The molecular weight excluding hydrogens is 503 g/mol. The van der Waals surface area contributed by atoms with Crippen LogP contribution < -0.4 is 15.5 Å². The van der Waals surface area contributed by atoms with Crippen LogP contribution in [0.15, 0.2) is 60.7 Å². The highest BCUT2D eigenvalue weighted by Gasteiger charge is 2.25. The summed E-state index contributed by atoms with van der Waals surface area (Å²) in [7, 11) is -1.49. The smallest absolute Gasteiger partial charge is 0.438 e. The van der Waals surface area contributed by atoms with E-state index >= 15 is 0 Å². The quantitative estimate of drug-likeness (QED) is 0.306. The molecule has 5 rings (SSSR count). The van der Waals surface area contributed by atoms with Crippen molar-refractivity contribution in [3.05, 3.63) is 99.7 Å². The molecule has 10 heteroatoms. The topological polar surface area (TPSA) is 138 Å². The van der Waals surface area contributed by atoms with Gasteiger partial charge in [-0.25, -0.2) is 4.98 Å². The molecule has 1 aromatic heterocycles. The fourth-order valence-electron chi connectivity index (χ4n) is 4.80. The molecule has 2 heterocycles. The van der Waals surface area contributed by atoms with Crippen molar-refractivity contribution >= 4 is 24.2 Å². The molecule has 1 aliphatic heterocycles. The van der Waals surface area contributed by atoms with Gasteiger partial charge in [-0.1, -0.05) is 24.3 Å². The lowest BCUT2D eigenvalue weighted by molar-refractivity contribution is 0.238. The molecule has 0 saturated heterocycles. The number of nitrogens with one attached hydrogen (secondary N) is 1. The molecular formula is C30H27BN6O3. The van der Waals surface area contributed by atoms with Crippen molar-refractivity contribution in [3.63, 3.8) is 0 Å². The van der Waals surface area contributed by atoms with Crippen molar-refractivity contribution in [2.24, 2.45) is 0 Å². The maximum atomic E-state index is 9.39. The maximum Gasteiger partial charge on any atom is 0.488 e. The van der Waals surface area contributed by atoms with Crippen LogP contribution in [-0.2, 0) is 19.5 Å². The molecule has 0 spiro atoms. The van der Waals surface area contributed by atoms with Gasteiger partial charge in [0.2, 0.25) is 11.8 Å². The molecule has 0 radical (unpaired) electrons. The average molecular weight is 530 g/mol. The van der Waals surface area contributed by atoms with E-state index in [1.54, 1.807) is 48.5 Å². The van der Waals surface area contributed by atoms with Crippen LogP contribution in [0.2, 0.25) is 0 Å². The van der Waals surface area contributed by atoms with Gasteiger partial charge in [0.15, 0.2) is 0 Å². The minimum absolute atomic E-state index is 0.397. The molecule has 9 nitrogen and oxygen atoms in total. The van der Waals surface area contributed by atoms with Gasteiger partial charge in [0, 0.05) is 31.7 Å². The highest BCUT2D eigenvalue weighted by Crippen LogP contribution is 2.35. The van der Waals surface area contributed by atoms with E-state index < -0.39 is 7.12 Å². The average Bonchev–Trinajstić information content (AvgIpc) is 2.95. The number of ether oxygens (including phenoxy) is 1. The van der Waals surface area contributed by atoms with Gasteiger partial charge in [0.1, 0.15) is 5.75 Å². The normalized spacial score (nSPS) is 12.7. The van der Waals surface area contributed by atoms with Gasteiger partial charge in [-0.15, -0.1) is 0 Å². The third kappa shape index (κ3) is 5.95. The van der Waals surface area contributed by atoms with Crippen LogP contribution in [0.1, 0.15) is 39.1 Å². The van der Waals surface area contributed by atoms with Gasteiger partial charge in [0.25, 0.3) is 0 Å². The van der Waals surface area contributed by atoms with Gasteiger partial charge in [0.05, 0.1) is 34.5 Å². The number of fused-ring (bicyclic) bond motifs is 1. The summed E-state index contributed by atoms with van der Waals surface area (Å²) in [5, 5.41) is 40.5. The van der Waals surface area contributed by atoms with Gasteiger partial charge in [-0.05, 0) is 72.4 Å². The summed E-state index contributed by atoms with van der Waals surface area (Å²) in [4.78, 5) is 11.8. The zero-order chi connectivity index (χ0) is 28.2. The molecule has 0 fully saturated rings. The Hall–Kier alpha value is -4.74. The number of anilines is 2. The maximum absolute atomic E-state index is 9.39. The molecule has 4 aromatic rings. The highest BCUT2D eigenvalue weighted by molar-refractivity contribution is 6.58. The van der Waals surface area contributed by atoms with Crippen molar-refractivity contribution in [1.29, 1.82) is 10.5 Å². The van der Waals surface area contributed by atoms with Crippen LogP contribution in [-0.4, -0.2) is 38.6 Å². The van der Waals surface area contributed by atoms with Gasteiger partial charge in [-0.3, -0.25) is 4.90 Å².